The number of fused-ring (bicyclic) bond motifs is 4. The molecule has 1 spiro atoms. The first kappa shape index (κ1) is 23.8. The summed E-state index contributed by atoms with van der Waals surface area (Å²) in [6.45, 7) is 3.21. The zero-order valence-electron chi connectivity index (χ0n) is 21.4. The maximum Gasteiger partial charge on any atom is 0.226 e. The van der Waals surface area contributed by atoms with E-state index in [1.807, 2.05) is 29.0 Å². The zero-order chi connectivity index (χ0) is 25.0. The molecule has 0 bridgehead atoms. The second-order valence-corrected chi connectivity index (χ2v) is 11.1. The van der Waals surface area contributed by atoms with Crippen LogP contribution in [0.2, 0.25) is 0 Å². The Labute approximate surface area is 212 Å². The maximum absolute atomic E-state index is 13.5. The molecular formula is C28H37N3O5. The summed E-state index contributed by atoms with van der Waals surface area (Å²) in [5, 5.41) is 11.7. The number of aliphatic hydroxyl groups excluding tert-OH is 1. The SMILES string of the molecule is COc1ccc2c3c(n(C)c2c1)[C@@H](CO)N(C(=O)C1CC1)CC31CCN(C(=O)C2CCOCC2)CC1. The molecule has 194 valence electrons. The van der Waals surface area contributed by atoms with Crippen LogP contribution in [0.4, 0.5) is 0 Å². The fraction of sp³-hybridized carbons (Fsp3) is 0.643. The van der Waals surface area contributed by atoms with Gasteiger partial charge in [0, 0.05) is 74.3 Å². The third-order valence-corrected chi connectivity index (χ3v) is 9.13. The van der Waals surface area contributed by atoms with E-state index in [1.54, 1.807) is 7.11 Å². The number of hydrogen-bond acceptors (Lipinski definition) is 5. The molecule has 3 fully saturated rings. The van der Waals surface area contributed by atoms with Gasteiger partial charge in [-0.25, -0.2) is 0 Å². The van der Waals surface area contributed by atoms with Crippen molar-refractivity contribution in [3.63, 3.8) is 0 Å². The summed E-state index contributed by atoms with van der Waals surface area (Å²) in [5.41, 5.74) is 3.09. The number of carbonyl (C=O) groups excluding carboxylic acids is 2. The number of methoxy groups -OCH3 is 1. The first-order valence-electron chi connectivity index (χ1n) is 13.4. The van der Waals surface area contributed by atoms with Gasteiger partial charge in [0.25, 0.3) is 0 Å². The van der Waals surface area contributed by atoms with Crippen molar-refractivity contribution in [1.82, 2.24) is 14.4 Å². The van der Waals surface area contributed by atoms with Gasteiger partial charge in [0.2, 0.25) is 11.8 Å². The van der Waals surface area contributed by atoms with Crippen LogP contribution in [-0.2, 0) is 26.8 Å². The summed E-state index contributed by atoms with van der Waals surface area (Å²) in [5.74, 6) is 1.36. The van der Waals surface area contributed by atoms with Crippen molar-refractivity contribution in [3.05, 3.63) is 29.5 Å². The number of piperidine rings is 1. The summed E-state index contributed by atoms with van der Waals surface area (Å²) in [7, 11) is 3.70. The predicted molar refractivity (Wildman–Crippen MR) is 135 cm³/mol. The number of ether oxygens (including phenoxy) is 2. The molecular weight excluding hydrogens is 458 g/mol. The van der Waals surface area contributed by atoms with Gasteiger partial charge in [-0.2, -0.15) is 0 Å². The van der Waals surface area contributed by atoms with Gasteiger partial charge in [-0.3, -0.25) is 9.59 Å². The fourth-order valence-electron chi connectivity index (χ4n) is 6.92. The molecule has 1 N–H and O–H groups in total. The lowest BCUT2D eigenvalue weighted by atomic mass is 9.68. The summed E-state index contributed by atoms with van der Waals surface area (Å²) >= 11 is 0. The number of aryl methyl sites for hydroxylation is 1. The molecule has 1 aromatic carbocycles. The Bertz CT molecular complexity index is 1170. The van der Waals surface area contributed by atoms with Crippen LogP contribution < -0.4 is 4.74 Å². The largest absolute Gasteiger partial charge is 0.497 e. The molecule has 8 heteroatoms. The normalized spacial score (nSPS) is 24.2. The van der Waals surface area contributed by atoms with Crippen LogP contribution in [0.25, 0.3) is 10.9 Å². The standard InChI is InChI=1S/C28H37N3O5/c1-29-22-15-20(35-2)5-6-21(22)24-25(29)23(16-32)31(27(34)18-3-4-18)17-28(24)9-11-30(12-10-28)26(33)19-7-13-36-14-8-19/h5-6,15,18-19,23,32H,3-4,7-14,16-17H2,1-2H3/t23-/m1/s1. The lowest BCUT2D eigenvalue weighted by Crippen LogP contribution is -2.57. The Balaban J connectivity index is 1.40. The number of likely N-dealkylation sites (tertiary alicyclic amines) is 1. The predicted octanol–water partition coefficient (Wildman–Crippen LogP) is 2.76. The number of rotatable bonds is 4. The minimum Gasteiger partial charge on any atom is -0.497 e. The van der Waals surface area contributed by atoms with Crippen LogP contribution >= 0.6 is 0 Å². The first-order chi connectivity index (χ1) is 17.5. The highest BCUT2D eigenvalue weighted by Crippen LogP contribution is 2.51. The van der Waals surface area contributed by atoms with Gasteiger partial charge in [-0.1, -0.05) is 0 Å². The van der Waals surface area contributed by atoms with E-state index in [1.165, 1.54) is 5.56 Å². The highest BCUT2D eigenvalue weighted by Gasteiger charge is 2.51. The van der Waals surface area contributed by atoms with Crippen LogP contribution in [0, 0.1) is 11.8 Å². The van der Waals surface area contributed by atoms with Crippen molar-refractivity contribution in [1.29, 1.82) is 0 Å². The third kappa shape index (κ3) is 3.72. The number of carbonyl (C=O) groups is 2. The average Bonchev–Trinajstić information content (AvgIpc) is 3.73. The molecule has 4 aliphatic rings. The highest BCUT2D eigenvalue weighted by molar-refractivity contribution is 5.90. The molecule has 2 amide bonds. The molecule has 36 heavy (non-hydrogen) atoms. The van der Waals surface area contributed by atoms with E-state index in [9.17, 15) is 14.7 Å². The molecule has 0 radical (unpaired) electrons. The Morgan fingerprint density at radius 2 is 1.78 bits per heavy atom. The number of aromatic nitrogens is 1. The van der Waals surface area contributed by atoms with E-state index in [0.717, 1.165) is 60.9 Å². The second kappa shape index (κ2) is 9.06. The molecule has 0 unspecified atom stereocenters. The van der Waals surface area contributed by atoms with Crippen molar-refractivity contribution >= 4 is 22.7 Å². The van der Waals surface area contributed by atoms with Crippen molar-refractivity contribution in [2.45, 2.75) is 50.0 Å². The van der Waals surface area contributed by atoms with Crippen LogP contribution in [-0.4, -0.2) is 77.9 Å². The van der Waals surface area contributed by atoms with Crippen molar-refractivity contribution in [2.75, 3.05) is 46.6 Å². The van der Waals surface area contributed by atoms with Crippen LogP contribution in [0.3, 0.4) is 0 Å². The Morgan fingerprint density at radius 1 is 1.08 bits per heavy atom. The summed E-state index contributed by atoms with van der Waals surface area (Å²) in [6.07, 6.45) is 5.11. The minimum absolute atomic E-state index is 0.0615. The Kier molecular flexibility index (Phi) is 5.99. The Morgan fingerprint density at radius 3 is 2.42 bits per heavy atom. The van der Waals surface area contributed by atoms with E-state index in [0.29, 0.717) is 32.8 Å². The molecule has 3 aliphatic heterocycles. The van der Waals surface area contributed by atoms with Gasteiger partial charge in [0.1, 0.15) is 5.75 Å². The summed E-state index contributed by atoms with van der Waals surface area (Å²) in [6, 6.07) is 5.81. The number of benzene rings is 1. The summed E-state index contributed by atoms with van der Waals surface area (Å²) in [4.78, 5) is 30.8. The molecule has 8 nitrogen and oxygen atoms in total. The summed E-state index contributed by atoms with van der Waals surface area (Å²) < 4.78 is 13.1. The topological polar surface area (TPSA) is 84.2 Å². The van der Waals surface area contributed by atoms with Gasteiger partial charge in [0.05, 0.1) is 25.3 Å². The lowest BCUT2D eigenvalue weighted by Gasteiger charge is -2.51. The fourth-order valence-corrected chi connectivity index (χ4v) is 6.92. The van der Waals surface area contributed by atoms with Gasteiger partial charge < -0.3 is 28.9 Å². The molecule has 2 saturated heterocycles. The highest BCUT2D eigenvalue weighted by atomic mass is 16.5. The minimum atomic E-state index is -0.357. The second-order valence-electron chi connectivity index (χ2n) is 11.1. The zero-order valence-corrected chi connectivity index (χ0v) is 21.4. The molecule has 1 atom stereocenters. The van der Waals surface area contributed by atoms with E-state index in [4.69, 9.17) is 9.47 Å². The molecule has 4 heterocycles. The van der Waals surface area contributed by atoms with Crippen LogP contribution in [0.15, 0.2) is 18.2 Å². The van der Waals surface area contributed by atoms with Crippen LogP contribution in [0.1, 0.15) is 55.8 Å². The lowest BCUT2D eigenvalue weighted by molar-refractivity contribution is -0.143. The monoisotopic (exact) mass is 495 g/mol. The van der Waals surface area contributed by atoms with Crippen molar-refractivity contribution in [3.8, 4) is 5.75 Å². The molecule has 1 aromatic heterocycles. The third-order valence-electron chi connectivity index (χ3n) is 9.13. The number of hydrogen-bond donors (Lipinski definition) is 1. The van der Waals surface area contributed by atoms with Gasteiger partial charge in [-0.05, 0) is 56.2 Å². The van der Waals surface area contributed by atoms with E-state index in [2.05, 4.69) is 10.6 Å². The Hall–Kier alpha value is -2.58. The molecule has 2 aromatic rings. The molecule has 1 aliphatic carbocycles. The van der Waals surface area contributed by atoms with E-state index < -0.39 is 0 Å². The maximum atomic E-state index is 13.5. The molecule has 6 rings (SSSR count). The molecule has 1 saturated carbocycles. The van der Waals surface area contributed by atoms with E-state index in [-0.39, 0.29) is 41.7 Å². The average molecular weight is 496 g/mol. The number of nitrogens with zero attached hydrogens (tertiary/aromatic N) is 3. The van der Waals surface area contributed by atoms with Gasteiger partial charge in [-0.15, -0.1) is 0 Å². The number of aliphatic hydroxyl groups is 1. The smallest absolute Gasteiger partial charge is 0.226 e. The van der Waals surface area contributed by atoms with Gasteiger partial charge >= 0.3 is 0 Å². The van der Waals surface area contributed by atoms with Crippen molar-refractivity contribution < 1.29 is 24.2 Å². The quantitative estimate of drug-likeness (QED) is 0.705. The van der Waals surface area contributed by atoms with Gasteiger partial charge in [0.15, 0.2) is 0 Å². The van der Waals surface area contributed by atoms with Crippen LogP contribution in [0.5, 0.6) is 5.75 Å². The first-order valence-corrected chi connectivity index (χ1v) is 13.4. The van der Waals surface area contributed by atoms with Crippen molar-refractivity contribution in [2.24, 2.45) is 18.9 Å². The number of amides is 2. The van der Waals surface area contributed by atoms with E-state index >= 15 is 0 Å².